The number of carbonyl (C=O) groups excluding carboxylic acids is 1. The largest absolute Gasteiger partial charge is 0.467 e. The highest BCUT2D eigenvalue weighted by Gasteiger charge is 2.31. The summed E-state index contributed by atoms with van der Waals surface area (Å²) in [4.78, 5) is 44.1. The molecule has 208 valence electrons. The van der Waals surface area contributed by atoms with Gasteiger partial charge in [-0.2, -0.15) is 18.3 Å². The smallest absolute Gasteiger partial charge is 0.416 e. The summed E-state index contributed by atoms with van der Waals surface area (Å²) in [6.45, 7) is 5.83. The molecule has 0 N–H and O–H groups in total. The Morgan fingerprint density at radius 2 is 1.87 bits per heavy atom. The Kier molecular flexibility index (Phi) is 7.79. The molecule has 4 rings (SSSR count). The van der Waals surface area contributed by atoms with Gasteiger partial charge in [0.05, 0.1) is 31.0 Å². The van der Waals surface area contributed by atoms with Crippen molar-refractivity contribution in [3.8, 4) is 11.4 Å². The number of rotatable bonds is 9. The lowest BCUT2D eigenvalue weighted by atomic mass is 10.1. The van der Waals surface area contributed by atoms with Gasteiger partial charge in [0.1, 0.15) is 11.9 Å². The summed E-state index contributed by atoms with van der Waals surface area (Å²) in [7, 11) is 1.24. The van der Waals surface area contributed by atoms with Gasteiger partial charge in [0.25, 0.3) is 5.56 Å². The molecule has 0 radical (unpaired) electrons. The fourth-order valence-electron chi connectivity index (χ4n) is 4.66. The minimum absolute atomic E-state index is 0.0430. The first-order valence-corrected chi connectivity index (χ1v) is 12.6. The highest BCUT2D eigenvalue weighted by Crippen LogP contribution is 2.31. The maximum atomic E-state index is 13.6. The van der Waals surface area contributed by atoms with E-state index >= 15 is 0 Å². The molecule has 0 aliphatic rings. The molecule has 0 saturated carbocycles. The van der Waals surface area contributed by atoms with E-state index < -0.39 is 35.0 Å². The molecule has 39 heavy (non-hydrogen) atoms. The molecular formula is C26H29F3N6O4. The van der Waals surface area contributed by atoms with Crippen molar-refractivity contribution < 1.29 is 22.7 Å². The second-order valence-electron chi connectivity index (χ2n) is 9.03. The fourth-order valence-corrected chi connectivity index (χ4v) is 4.66. The third kappa shape index (κ3) is 5.12. The zero-order valence-corrected chi connectivity index (χ0v) is 22.0. The Morgan fingerprint density at radius 1 is 1.13 bits per heavy atom. The highest BCUT2D eigenvalue weighted by molar-refractivity contribution is 5.82. The zero-order valence-electron chi connectivity index (χ0n) is 22.0. The van der Waals surface area contributed by atoms with E-state index in [-0.39, 0.29) is 43.0 Å². The summed E-state index contributed by atoms with van der Waals surface area (Å²) in [6.07, 6.45) is -0.641. The van der Waals surface area contributed by atoms with Gasteiger partial charge in [-0.05, 0) is 37.5 Å². The Balaban J connectivity index is 1.92. The van der Waals surface area contributed by atoms with Crippen molar-refractivity contribution in [2.75, 3.05) is 7.11 Å². The number of fused-ring (bicyclic) bond motifs is 1. The molecule has 1 unspecified atom stereocenters. The molecular weight excluding hydrogens is 517 g/mol. The minimum Gasteiger partial charge on any atom is -0.467 e. The number of imidazole rings is 1. The number of aromatic nitrogens is 6. The molecule has 0 aliphatic carbocycles. The number of nitrogens with zero attached hydrogens (tertiary/aromatic N) is 6. The van der Waals surface area contributed by atoms with E-state index in [0.29, 0.717) is 17.5 Å². The molecule has 0 fully saturated rings. The number of aryl methyl sites for hydroxylation is 1. The van der Waals surface area contributed by atoms with Crippen LogP contribution in [0.3, 0.4) is 0 Å². The van der Waals surface area contributed by atoms with E-state index in [1.54, 1.807) is 26.1 Å². The van der Waals surface area contributed by atoms with Crippen LogP contribution in [-0.2, 0) is 35.3 Å². The third-order valence-electron chi connectivity index (χ3n) is 6.48. The number of carbonyl (C=O) groups is 1. The van der Waals surface area contributed by atoms with Crippen LogP contribution >= 0.6 is 0 Å². The Hall–Kier alpha value is -4.16. The highest BCUT2D eigenvalue weighted by atomic mass is 19.4. The lowest BCUT2D eigenvalue weighted by Gasteiger charge is -2.18. The minimum atomic E-state index is -4.47. The molecule has 1 atom stereocenters. The van der Waals surface area contributed by atoms with E-state index in [4.69, 9.17) is 4.74 Å². The van der Waals surface area contributed by atoms with Crippen LogP contribution < -0.4 is 11.2 Å². The summed E-state index contributed by atoms with van der Waals surface area (Å²) in [5.41, 5.74) is -0.823. The first kappa shape index (κ1) is 27.9. The average Bonchev–Trinajstić information content (AvgIpc) is 3.52. The Bertz CT molecular complexity index is 1630. The van der Waals surface area contributed by atoms with Crippen molar-refractivity contribution in [2.24, 2.45) is 0 Å². The molecule has 0 spiro atoms. The standard InChI is InChI=1S/C26H29F3N6O4/c1-5-11-34-23(36)20-22(33(7-3)25(34)38)31-21(35(20)19(6-2)24(37)39-4)17-13-30-32(15-17)14-16-9-8-10-18(12-16)26(27,28)29/h8-10,12-13,15,19H,5-7,11,14H2,1-4H3. The van der Waals surface area contributed by atoms with Crippen LogP contribution in [0.4, 0.5) is 13.2 Å². The quantitative estimate of drug-likeness (QED) is 0.296. The van der Waals surface area contributed by atoms with Crippen molar-refractivity contribution in [2.45, 2.75) is 65.5 Å². The summed E-state index contributed by atoms with van der Waals surface area (Å²) in [6, 6.07) is 4.02. The normalized spacial score (nSPS) is 12.7. The molecule has 0 saturated heterocycles. The molecule has 0 amide bonds. The summed E-state index contributed by atoms with van der Waals surface area (Å²) >= 11 is 0. The average molecular weight is 547 g/mol. The second kappa shape index (κ2) is 10.9. The van der Waals surface area contributed by atoms with Gasteiger partial charge < -0.3 is 9.30 Å². The predicted octanol–water partition coefficient (Wildman–Crippen LogP) is 3.84. The van der Waals surface area contributed by atoms with E-state index in [9.17, 15) is 27.6 Å². The number of halogens is 3. The number of methoxy groups -OCH3 is 1. The topological polar surface area (TPSA) is 106 Å². The molecule has 10 nitrogen and oxygen atoms in total. The number of esters is 1. The van der Waals surface area contributed by atoms with Gasteiger partial charge in [-0.15, -0.1) is 0 Å². The molecule has 4 aromatic rings. The zero-order chi connectivity index (χ0) is 28.5. The molecule has 1 aromatic carbocycles. The lowest BCUT2D eigenvalue weighted by molar-refractivity contribution is -0.144. The van der Waals surface area contributed by atoms with Gasteiger partial charge in [-0.25, -0.2) is 14.6 Å². The number of hydrogen-bond donors (Lipinski definition) is 0. The van der Waals surface area contributed by atoms with Crippen LogP contribution in [0.15, 0.2) is 46.2 Å². The summed E-state index contributed by atoms with van der Waals surface area (Å²) < 4.78 is 49.9. The van der Waals surface area contributed by atoms with Crippen LogP contribution in [0.1, 0.15) is 50.8 Å². The molecule has 0 aliphatic heterocycles. The third-order valence-corrected chi connectivity index (χ3v) is 6.48. The fraction of sp³-hybridized carbons (Fsp3) is 0.423. The summed E-state index contributed by atoms with van der Waals surface area (Å²) in [5, 5.41) is 4.28. The molecule has 3 heterocycles. The van der Waals surface area contributed by atoms with Crippen LogP contribution in [-0.4, -0.2) is 41.5 Å². The monoisotopic (exact) mass is 546 g/mol. The number of ether oxygens (including phenoxy) is 1. The van der Waals surface area contributed by atoms with Gasteiger partial charge in [0.15, 0.2) is 11.2 Å². The Morgan fingerprint density at radius 3 is 2.49 bits per heavy atom. The summed E-state index contributed by atoms with van der Waals surface area (Å²) in [5.74, 6) is -0.379. The van der Waals surface area contributed by atoms with Gasteiger partial charge in [-0.3, -0.25) is 18.6 Å². The van der Waals surface area contributed by atoms with Gasteiger partial charge >= 0.3 is 17.8 Å². The predicted molar refractivity (Wildman–Crippen MR) is 137 cm³/mol. The maximum absolute atomic E-state index is 13.6. The molecule has 13 heteroatoms. The van der Waals surface area contributed by atoms with Gasteiger partial charge in [0, 0.05) is 19.3 Å². The van der Waals surface area contributed by atoms with E-state index in [1.165, 1.54) is 33.2 Å². The van der Waals surface area contributed by atoms with Crippen LogP contribution in [0.2, 0.25) is 0 Å². The Labute approximate surface area is 221 Å². The van der Waals surface area contributed by atoms with Gasteiger partial charge in [-0.1, -0.05) is 26.0 Å². The van der Waals surface area contributed by atoms with Crippen LogP contribution in [0.25, 0.3) is 22.6 Å². The van der Waals surface area contributed by atoms with E-state index in [2.05, 4.69) is 10.1 Å². The van der Waals surface area contributed by atoms with Crippen molar-refractivity contribution in [3.05, 3.63) is 68.6 Å². The van der Waals surface area contributed by atoms with Gasteiger partial charge in [0.2, 0.25) is 0 Å². The van der Waals surface area contributed by atoms with Crippen molar-refractivity contribution in [1.29, 1.82) is 0 Å². The van der Waals surface area contributed by atoms with Crippen molar-refractivity contribution in [1.82, 2.24) is 28.5 Å². The second-order valence-corrected chi connectivity index (χ2v) is 9.03. The maximum Gasteiger partial charge on any atom is 0.416 e. The SMILES string of the molecule is CCCn1c(=O)c2c(nc(-c3cnn(Cc4cccc(C(F)(F)F)c4)c3)n2C(CC)C(=O)OC)n(CC)c1=O. The molecule has 0 bridgehead atoms. The van der Waals surface area contributed by atoms with E-state index in [0.717, 1.165) is 16.7 Å². The van der Waals surface area contributed by atoms with Crippen LogP contribution in [0.5, 0.6) is 0 Å². The lowest BCUT2D eigenvalue weighted by Crippen LogP contribution is -2.40. The number of alkyl halides is 3. The first-order chi connectivity index (χ1) is 18.5. The van der Waals surface area contributed by atoms with Crippen LogP contribution in [0, 0.1) is 0 Å². The van der Waals surface area contributed by atoms with E-state index in [1.807, 2.05) is 6.92 Å². The van der Waals surface area contributed by atoms with Crippen molar-refractivity contribution in [3.63, 3.8) is 0 Å². The van der Waals surface area contributed by atoms with Crippen molar-refractivity contribution >= 4 is 17.1 Å². The first-order valence-electron chi connectivity index (χ1n) is 12.6. The number of benzene rings is 1. The number of hydrogen-bond acceptors (Lipinski definition) is 6. The molecule has 3 aromatic heterocycles.